The second-order valence-corrected chi connectivity index (χ2v) is 8.49. The zero-order valence-corrected chi connectivity index (χ0v) is 20.1. The van der Waals surface area contributed by atoms with Crippen LogP contribution in [0.1, 0.15) is 36.5 Å². The van der Waals surface area contributed by atoms with Crippen molar-refractivity contribution in [3.05, 3.63) is 99.2 Å². The van der Waals surface area contributed by atoms with Gasteiger partial charge in [-0.3, -0.25) is 0 Å². The quantitative estimate of drug-likeness (QED) is 0.180. The Hall–Kier alpha value is -3.28. The Morgan fingerprint density at radius 1 is 0.941 bits per heavy atom. The topological polar surface area (TPSA) is 57.1 Å². The van der Waals surface area contributed by atoms with Crippen LogP contribution >= 0.6 is 23.2 Å². The molecule has 0 atom stereocenters. The summed E-state index contributed by atoms with van der Waals surface area (Å²) < 4.78 is 16.9. The summed E-state index contributed by atoms with van der Waals surface area (Å²) >= 11 is 12.0. The lowest BCUT2D eigenvalue weighted by Crippen LogP contribution is -2.05. The summed E-state index contributed by atoms with van der Waals surface area (Å²) in [5, 5.41) is 0.979. The second-order valence-electron chi connectivity index (χ2n) is 7.67. The molecule has 0 saturated carbocycles. The molecular formula is C27H23Cl2NO4. The van der Waals surface area contributed by atoms with Gasteiger partial charge in [0.1, 0.15) is 18.1 Å². The number of halogens is 2. The molecule has 0 radical (unpaired) electrons. The molecule has 0 spiro atoms. The van der Waals surface area contributed by atoms with Gasteiger partial charge in [0.15, 0.2) is 5.70 Å². The van der Waals surface area contributed by atoms with E-state index in [1.165, 1.54) is 0 Å². The van der Waals surface area contributed by atoms with Crippen molar-refractivity contribution in [1.29, 1.82) is 0 Å². The van der Waals surface area contributed by atoms with Gasteiger partial charge in [-0.15, -0.1) is 0 Å². The lowest BCUT2D eigenvalue weighted by molar-refractivity contribution is -0.129. The van der Waals surface area contributed by atoms with E-state index in [0.29, 0.717) is 34.6 Å². The highest BCUT2D eigenvalue weighted by atomic mass is 35.5. The summed E-state index contributed by atoms with van der Waals surface area (Å²) in [5.74, 6) is 1.19. The van der Waals surface area contributed by atoms with Gasteiger partial charge in [0.25, 0.3) is 0 Å². The molecule has 0 saturated heterocycles. The number of ether oxygens (including phenoxy) is 3. The van der Waals surface area contributed by atoms with Crippen LogP contribution in [-0.4, -0.2) is 18.5 Å². The van der Waals surface area contributed by atoms with E-state index < -0.39 is 5.97 Å². The van der Waals surface area contributed by atoms with Crippen LogP contribution in [-0.2, 0) is 16.1 Å². The van der Waals surface area contributed by atoms with Gasteiger partial charge < -0.3 is 14.2 Å². The number of nitrogens with zero attached hydrogens (tertiary/aromatic N) is 1. The van der Waals surface area contributed by atoms with E-state index >= 15 is 0 Å². The minimum Gasteiger partial charge on any atom is -0.494 e. The first-order valence-corrected chi connectivity index (χ1v) is 11.7. The van der Waals surface area contributed by atoms with Crippen molar-refractivity contribution >= 4 is 41.1 Å². The SMILES string of the molecule is CCCCOc1ccc(C2=N/C(=C/c3cccc(OCc4ccc(Cl)c(Cl)c4)c3)C(=O)O2)cc1. The zero-order chi connectivity index (χ0) is 23.9. The molecule has 1 aliphatic rings. The largest absolute Gasteiger partial charge is 0.494 e. The van der Waals surface area contributed by atoms with E-state index in [4.69, 9.17) is 37.4 Å². The summed E-state index contributed by atoms with van der Waals surface area (Å²) in [6, 6.07) is 20.1. The smallest absolute Gasteiger partial charge is 0.363 e. The van der Waals surface area contributed by atoms with Crippen molar-refractivity contribution in [3.63, 3.8) is 0 Å². The van der Waals surface area contributed by atoms with Crippen molar-refractivity contribution in [2.45, 2.75) is 26.4 Å². The molecule has 0 amide bonds. The van der Waals surface area contributed by atoms with E-state index in [1.54, 1.807) is 18.2 Å². The van der Waals surface area contributed by atoms with Crippen LogP contribution in [0.25, 0.3) is 6.08 Å². The summed E-state index contributed by atoms with van der Waals surface area (Å²) in [7, 11) is 0. The van der Waals surface area contributed by atoms with Gasteiger partial charge in [-0.2, -0.15) is 0 Å². The van der Waals surface area contributed by atoms with Crippen LogP contribution in [0, 0.1) is 0 Å². The molecule has 7 heteroatoms. The second kappa shape index (κ2) is 11.2. The first-order valence-electron chi connectivity index (χ1n) is 10.9. The Balaban J connectivity index is 1.44. The minimum atomic E-state index is -0.500. The summed E-state index contributed by atoms with van der Waals surface area (Å²) in [6.07, 6.45) is 3.75. The zero-order valence-electron chi connectivity index (χ0n) is 18.6. The molecule has 34 heavy (non-hydrogen) atoms. The van der Waals surface area contributed by atoms with Gasteiger partial charge in [0.2, 0.25) is 5.90 Å². The normalized spacial score (nSPS) is 14.1. The number of hydrogen-bond donors (Lipinski definition) is 0. The number of benzene rings is 3. The maximum atomic E-state index is 12.4. The summed E-state index contributed by atoms with van der Waals surface area (Å²) in [6.45, 7) is 3.12. The third-order valence-electron chi connectivity index (χ3n) is 5.04. The number of esters is 1. The molecule has 0 N–H and O–H groups in total. The lowest BCUT2D eigenvalue weighted by atomic mass is 10.2. The predicted molar refractivity (Wildman–Crippen MR) is 135 cm³/mol. The van der Waals surface area contributed by atoms with E-state index in [0.717, 1.165) is 29.7 Å². The van der Waals surface area contributed by atoms with Gasteiger partial charge >= 0.3 is 5.97 Å². The van der Waals surface area contributed by atoms with Crippen molar-refractivity contribution in [2.75, 3.05) is 6.61 Å². The predicted octanol–water partition coefficient (Wildman–Crippen LogP) is 7.10. The van der Waals surface area contributed by atoms with Gasteiger partial charge in [0, 0.05) is 5.56 Å². The molecule has 0 aliphatic carbocycles. The number of unbranched alkanes of at least 4 members (excludes halogenated alkanes) is 1. The third-order valence-corrected chi connectivity index (χ3v) is 5.78. The molecule has 0 aromatic heterocycles. The van der Waals surface area contributed by atoms with Crippen molar-refractivity contribution in [1.82, 2.24) is 0 Å². The molecule has 3 aromatic rings. The van der Waals surface area contributed by atoms with Crippen LogP contribution < -0.4 is 9.47 Å². The first-order chi connectivity index (χ1) is 16.5. The Morgan fingerprint density at radius 3 is 2.53 bits per heavy atom. The van der Waals surface area contributed by atoms with E-state index in [1.807, 2.05) is 54.6 Å². The molecule has 3 aromatic carbocycles. The highest BCUT2D eigenvalue weighted by Crippen LogP contribution is 2.25. The molecule has 5 nitrogen and oxygen atoms in total. The molecule has 4 rings (SSSR count). The Morgan fingerprint density at radius 2 is 1.76 bits per heavy atom. The van der Waals surface area contributed by atoms with Crippen molar-refractivity contribution < 1.29 is 19.0 Å². The van der Waals surface area contributed by atoms with E-state index in [-0.39, 0.29) is 11.6 Å². The van der Waals surface area contributed by atoms with Crippen LogP contribution in [0.3, 0.4) is 0 Å². The average molecular weight is 496 g/mol. The maximum Gasteiger partial charge on any atom is 0.363 e. The number of hydrogen-bond acceptors (Lipinski definition) is 5. The van der Waals surface area contributed by atoms with Gasteiger partial charge in [-0.25, -0.2) is 9.79 Å². The van der Waals surface area contributed by atoms with Gasteiger partial charge in [0.05, 0.1) is 16.7 Å². The Bertz CT molecular complexity index is 1240. The maximum absolute atomic E-state index is 12.4. The van der Waals surface area contributed by atoms with E-state index in [9.17, 15) is 4.79 Å². The highest BCUT2D eigenvalue weighted by molar-refractivity contribution is 6.42. The minimum absolute atomic E-state index is 0.222. The number of rotatable bonds is 9. The average Bonchev–Trinajstić information content (AvgIpc) is 3.20. The number of cyclic esters (lactones) is 1. The monoisotopic (exact) mass is 495 g/mol. The molecule has 174 valence electrons. The highest BCUT2D eigenvalue weighted by Gasteiger charge is 2.24. The standard InChI is InChI=1S/C27H23Cl2NO4/c1-2-3-13-32-21-10-8-20(9-11-21)26-30-25(27(31)34-26)16-18-5-4-6-22(14-18)33-17-19-7-12-23(28)24(29)15-19/h4-12,14-16H,2-3,13,17H2,1H3/b25-16+. The van der Waals surface area contributed by atoms with Crippen molar-refractivity contribution in [3.8, 4) is 11.5 Å². The summed E-state index contributed by atoms with van der Waals surface area (Å²) in [4.78, 5) is 16.8. The molecular weight excluding hydrogens is 473 g/mol. The van der Waals surface area contributed by atoms with Crippen LogP contribution in [0.4, 0.5) is 0 Å². The number of carbonyl (C=O) groups is 1. The van der Waals surface area contributed by atoms with Crippen LogP contribution in [0.5, 0.6) is 11.5 Å². The third kappa shape index (κ3) is 6.19. The fourth-order valence-electron chi connectivity index (χ4n) is 3.21. The fraction of sp³-hybridized carbons (Fsp3) is 0.185. The number of aliphatic imine (C=N–C) groups is 1. The summed E-state index contributed by atoms with van der Waals surface area (Å²) in [5.41, 5.74) is 2.59. The molecule has 0 bridgehead atoms. The Kier molecular flexibility index (Phi) is 7.88. The van der Waals surface area contributed by atoms with Crippen molar-refractivity contribution in [2.24, 2.45) is 4.99 Å². The number of carbonyl (C=O) groups excluding carboxylic acids is 1. The lowest BCUT2D eigenvalue weighted by Gasteiger charge is -2.08. The molecule has 1 aliphatic heterocycles. The molecule has 1 heterocycles. The van der Waals surface area contributed by atoms with Gasteiger partial charge in [-0.1, -0.05) is 54.7 Å². The van der Waals surface area contributed by atoms with Crippen LogP contribution in [0.15, 0.2) is 77.4 Å². The fourth-order valence-corrected chi connectivity index (χ4v) is 3.53. The molecule has 0 unspecified atom stereocenters. The van der Waals surface area contributed by atoms with E-state index in [2.05, 4.69) is 11.9 Å². The van der Waals surface area contributed by atoms with Crippen LogP contribution in [0.2, 0.25) is 10.0 Å². The van der Waals surface area contributed by atoms with Gasteiger partial charge in [-0.05, 0) is 72.2 Å². The Labute approximate surface area is 208 Å². The molecule has 0 fully saturated rings. The first kappa shape index (κ1) is 23.9.